The molecule has 1 aliphatic rings. The number of hydrogen-bond donors (Lipinski definition) is 1. The van der Waals surface area contributed by atoms with Crippen molar-refractivity contribution in [3.8, 4) is 0 Å². The first-order valence-corrected chi connectivity index (χ1v) is 10.9. The van der Waals surface area contributed by atoms with E-state index in [-0.39, 0.29) is 11.9 Å². The van der Waals surface area contributed by atoms with Crippen molar-refractivity contribution in [2.24, 2.45) is 0 Å². The molecule has 2 heterocycles. The summed E-state index contributed by atoms with van der Waals surface area (Å²) in [6, 6.07) is 7.08. The molecular weight excluding hydrogens is 443 g/mol. The van der Waals surface area contributed by atoms with Gasteiger partial charge in [0.15, 0.2) is 0 Å². The first kappa shape index (κ1) is 22.2. The summed E-state index contributed by atoms with van der Waals surface area (Å²) in [7, 11) is 1.70. The molecule has 0 spiro atoms. The van der Waals surface area contributed by atoms with E-state index >= 15 is 0 Å². The lowest BCUT2D eigenvalue weighted by Crippen LogP contribution is -2.31. The van der Waals surface area contributed by atoms with E-state index in [4.69, 9.17) is 5.73 Å². The summed E-state index contributed by atoms with van der Waals surface area (Å²) in [5, 5.41) is 0. The zero-order chi connectivity index (χ0) is 24.6. The van der Waals surface area contributed by atoms with Crippen LogP contribution < -0.4 is 5.73 Å². The number of benzene rings is 2. The largest absolute Gasteiger partial charge is 0.416 e. The Balaban J connectivity index is 1.57. The van der Waals surface area contributed by atoms with Crippen molar-refractivity contribution < 1.29 is 18.0 Å². The van der Waals surface area contributed by atoms with E-state index in [1.54, 1.807) is 34.9 Å². The van der Waals surface area contributed by atoms with Gasteiger partial charge in [-0.3, -0.25) is 9.20 Å². The molecule has 0 aliphatic heterocycles. The summed E-state index contributed by atoms with van der Waals surface area (Å²) < 4.78 is 41.7. The Kier molecular flexibility index (Phi) is 4.69. The van der Waals surface area contributed by atoms with Gasteiger partial charge in [0, 0.05) is 12.6 Å². The van der Waals surface area contributed by atoms with E-state index in [1.165, 1.54) is 12.1 Å². The van der Waals surface area contributed by atoms with Crippen molar-refractivity contribution in [1.82, 2.24) is 19.3 Å². The Morgan fingerprint density at radius 2 is 1.94 bits per heavy atom. The van der Waals surface area contributed by atoms with Gasteiger partial charge in [-0.1, -0.05) is 19.9 Å². The highest BCUT2D eigenvalue weighted by Crippen LogP contribution is 2.48. The number of aryl methyl sites for hydroxylation is 1. The van der Waals surface area contributed by atoms with E-state index in [2.05, 4.69) is 9.97 Å². The number of halogens is 3. The van der Waals surface area contributed by atoms with Crippen LogP contribution in [-0.2, 0) is 11.6 Å². The summed E-state index contributed by atoms with van der Waals surface area (Å²) in [6.07, 6.45) is -0.648. The zero-order valence-electron chi connectivity index (χ0n) is 19.2. The third kappa shape index (κ3) is 3.29. The van der Waals surface area contributed by atoms with Crippen LogP contribution in [0.2, 0.25) is 0 Å². The monoisotopic (exact) mass is 467 g/mol. The number of fused-ring (bicyclic) bond motifs is 4. The minimum absolute atomic E-state index is 0.210. The predicted octanol–water partition coefficient (Wildman–Crippen LogP) is 5.29. The molecule has 0 bridgehead atoms. The molecule has 9 heteroatoms. The number of anilines is 1. The fourth-order valence-corrected chi connectivity index (χ4v) is 5.05. The van der Waals surface area contributed by atoms with Crippen molar-refractivity contribution in [2.45, 2.75) is 44.8 Å². The van der Waals surface area contributed by atoms with E-state index < -0.39 is 17.2 Å². The van der Waals surface area contributed by atoms with Gasteiger partial charge in [0.25, 0.3) is 5.91 Å². The Hall–Kier alpha value is -3.62. The normalized spacial score (nSPS) is 17.3. The van der Waals surface area contributed by atoms with Crippen LogP contribution in [0.25, 0.3) is 16.6 Å². The molecule has 2 N–H and O–H groups in total. The first-order chi connectivity index (χ1) is 15.9. The third-order valence-corrected chi connectivity index (χ3v) is 6.91. The van der Waals surface area contributed by atoms with Crippen molar-refractivity contribution >= 4 is 28.3 Å². The number of nitrogens with two attached hydrogens (primary N) is 1. The summed E-state index contributed by atoms with van der Waals surface area (Å²) >= 11 is 0. The second kappa shape index (κ2) is 7.19. The lowest BCUT2D eigenvalue weighted by molar-refractivity contribution is -0.137. The highest BCUT2D eigenvalue weighted by atomic mass is 19.4. The Morgan fingerprint density at radius 1 is 1.21 bits per heavy atom. The van der Waals surface area contributed by atoms with Crippen molar-refractivity contribution in [3.05, 3.63) is 70.7 Å². The number of amides is 1. The van der Waals surface area contributed by atoms with Crippen LogP contribution in [0.15, 0.2) is 42.9 Å². The molecule has 34 heavy (non-hydrogen) atoms. The first-order valence-electron chi connectivity index (χ1n) is 10.9. The van der Waals surface area contributed by atoms with Gasteiger partial charge in [-0.2, -0.15) is 13.2 Å². The standard InChI is InChI=1S/C25H24F3N5O/c1-13-7-18-19(33-12-30-11-21(33)22(29)31-18)9-16(13)23(34)32(4)20-10-24(2,3)17-8-14(25(26,27)28)5-6-15(17)20/h5-9,11-12,20H,10H2,1-4H3,(H2,29,31)/t20-/m1/s1. The van der Waals surface area contributed by atoms with Gasteiger partial charge in [0.1, 0.15) is 11.3 Å². The van der Waals surface area contributed by atoms with Crippen molar-refractivity contribution in [1.29, 1.82) is 0 Å². The Bertz CT molecular complexity index is 1470. The van der Waals surface area contributed by atoms with Gasteiger partial charge in [-0.15, -0.1) is 0 Å². The van der Waals surface area contributed by atoms with Crippen LogP contribution in [-0.4, -0.2) is 32.2 Å². The van der Waals surface area contributed by atoms with Crippen LogP contribution in [0.4, 0.5) is 19.0 Å². The summed E-state index contributed by atoms with van der Waals surface area (Å²) in [6.45, 7) is 5.66. The SMILES string of the molecule is Cc1cc2nc(N)c3cncn3c2cc1C(=O)N(C)[C@@H]1CC(C)(C)c2cc(C(F)(F)F)ccc21. The molecule has 2 aromatic heterocycles. The minimum Gasteiger partial charge on any atom is -0.382 e. The van der Waals surface area contributed by atoms with Crippen LogP contribution >= 0.6 is 0 Å². The van der Waals surface area contributed by atoms with Crippen LogP contribution in [0.1, 0.15) is 58.9 Å². The summed E-state index contributed by atoms with van der Waals surface area (Å²) in [5.41, 5.74) is 9.46. The van der Waals surface area contributed by atoms with Gasteiger partial charge >= 0.3 is 6.18 Å². The molecule has 0 saturated heterocycles. The second-order valence-electron chi connectivity index (χ2n) is 9.62. The second-order valence-corrected chi connectivity index (χ2v) is 9.62. The molecule has 176 valence electrons. The van der Waals surface area contributed by atoms with E-state index in [9.17, 15) is 18.0 Å². The van der Waals surface area contributed by atoms with Crippen molar-refractivity contribution in [2.75, 3.05) is 12.8 Å². The number of nitrogen functional groups attached to an aromatic ring is 1. The summed E-state index contributed by atoms with van der Waals surface area (Å²) in [5.74, 6) is 0.140. The Morgan fingerprint density at radius 3 is 2.65 bits per heavy atom. The van der Waals surface area contributed by atoms with Gasteiger partial charge in [0.2, 0.25) is 0 Å². The maximum Gasteiger partial charge on any atom is 0.416 e. The molecule has 1 atom stereocenters. The molecule has 1 amide bonds. The van der Waals surface area contributed by atoms with E-state index in [0.717, 1.165) is 17.2 Å². The fourth-order valence-electron chi connectivity index (χ4n) is 5.05. The van der Waals surface area contributed by atoms with Gasteiger partial charge < -0.3 is 10.6 Å². The number of carbonyl (C=O) groups excluding carboxylic acids is 1. The maximum atomic E-state index is 13.7. The topological polar surface area (TPSA) is 76.5 Å². The Labute approximate surface area is 194 Å². The van der Waals surface area contributed by atoms with E-state index in [1.807, 2.05) is 26.8 Å². The fraction of sp³-hybridized carbons (Fsp3) is 0.320. The zero-order valence-corrected chi connectivity index (χ0v) is 19.2. The average Bonchev–Trinajstić information content (AvgIpc) is 3.35. The minimum atomic E-state index is -4.41. The smallest absolute Gasteiger partial charge is 0.382 e. The quantitative estimate of drug-likeness (QED) is 0.435. The number of rotatable bonds is 2. The van der Waals surface area contributed by atoms with Gasteiger partial charge in [-0.25, -0.2) is 9.97 Å². The maximum absolute atomic E-state index is 13.7. The molecule has 0 radical (unpaired) electrons. The number of carbonyl (C=O) groups is 1. The molecule has 0 unspecified atom stereocenters. The van der Waals surface area contributed by atoms with Gasteiger partial charge in [0.05, 0.1) is 35.2 Å². The van der Waals surface area contributed by atoms with Gasteiger partial charge in [-0.05, 0) is 59.7 Å². The number of aromatic nitrogens is 3. The number of alkyl halides is 3. The van der Waals surface area contributed by atoms with Crippen molar-refractivity contribution in [3.63, 3.8) is 0 Å². The molecule has 0 saturated carbocycles. The molecule has 4 aromatic rings. The molecule has 5 rings (SSSR count). The molecule has 6 nitrogen and oxygen atoms in total. The number of imidazole rings is 1. The lowest BCUT2D eigenvalue weighted by Gasteiger charge is -2.27. The highest BCUT2D eigenvalue weighted by Gasteiger charge is 2.42. The van der Waals surface area contributed by atoms with Crippen LogP contribution in [0.5, 0.6) is 0 Å². The number of hydrogen-bond acceptors (Lipinski definition) is 4. The van der Waals surface area contributed by atoms with E-state index in [0.29, 0.717) is 39.9 Å². The molecular formula is C25H24F3N5O. The molecule has 0 fully saturated rings. The highest BCUT2D eigenvalue weighted by molar-refractivity contribution is 6.00. The average molecular weight is 467 g/mol. The predicted molar refractivity (Wildman–Crippen MR) is 124 cm³/mol. The van der Waals surface area contributed by atoms with Crippen LogP contribution in [0, 0.1) is 6.92 Å². The summed E-state index contributed by atoms with van der Waals surface area (Å²) in [4.78, 5) is 23.9. The number of nitrogens with zero attached hydrogens (tertiary/aromatic N) is 4. The third-order valence-electron chi connectivity index (χ3n) is 6.91. The molecule has 1 aliphatic carbocycles. The lowest BCUT2D eigenvalue weighted by atomic mass is 9.85. The molecule has 2 aromatic carbocycles. The van der Waals surface area contributed by atoms with Crippen LogP contribution in [0.3, 0.4) is 0 Å².